The normalized spacial score (nSPS) is 15.5. The summed E-state index contributed by atoms with van der Waals surface area (Å²) >= 11 is 5.27. The molecule has 1 atom stereocenters. The molecule has 2 heterocycles. The van der Waals surface area contributed by atoms with Gasteiger partial charge in [0, 0.05) is 26.4 Å². The third-order valence-corrected chi connectivity index (χ3v) is 6.96. The van der Waals surface area contributed by atoms with Gasteiger partial charge in [0.15, 0.2) is 0 Å². The average molecular weight is 481 g/mol. The van der Waals surface area contributed by atoms with Crippen molar-refractivity contribution < 1.29 is 4.74 Å². The number of thioether (sulfide) groups is 1. The monoisotopic (exact) mass is 480 g/mol. The molecule has 0 fully saturated rings. The molecule has 152 valence electrons. The summed E-state index contributed by atoms with van der Waals surface area (Å²) in [5.41, 5.74) is 12.9. The van der Waals surface area contributed by atoms with Crippen LogP contribution in [0.1, 0.15) is 39.4 Å². The van der Waals surface area contributed by atoms with Gasteiger partial charge in [-0.1, -0.05) is 28.1 Å². The van der Waals surface area contributed by atoms with E-state index in [2.05, 4.69) is 70.3 Å². The third-order valence-electron chi connectivity index (χ3n) is 5.37. The molecule has 0 bridgehead atoms. The zero-order valence-electron chi connectivity index (χ0n) is 16.9. The Labute approximate surface area is 188 Å². The summed E-state index contributed by atoms with van der Waals surface area (Å²) < 4.78 is 6.67. The summed E-state index contributed by atoms with van der Waals surface area (Å²) in [7, 11) is 0. The highest BCUT2D eigenvalue weighted by molar-refractivity contribution is 9.10. The molecular weight excluding hydrogens is 460 g/mol. The molecule has 5 nitrogen and oxygen atoms in total. The molecule has 0 radical (unpaired) electrons. The largest absolute Gasteiger partial charge is 0.420 e. The molecule has 2 aromatic carbocycles. The van der Waals surface area contributed by atoms with Crippen LogP contribution in [0.5, 0.6) is 5.88 Å². The Morgan fingerprint density at radius 2 is 1.93 bits per heavy atom. The summed E-state index contributed by atoms with van der Waals surface area (Å²) in [6.07, 6.45) is 0. The van der Waals surface area contributed by atoms with Crippen molar-refractivity contribution in [2.24, 2.45) is 5.73 Å². The lowest BCUT2D eigenvalue weighted by molar-refractivity contribution is 0.378. The van der Waals surface area contributed by atoms with Gasteiger partial charge >= 0.3 is 0 Å². The van der Waals surface area contributed by atoms with Crippen molar-refractivity contribution in [3.8, 4) is 11.9 Å². The summed E-state index contributed by atoms with van der Waals surface area (Å²) in [6, 6.07) is 15.0. The molecule has 4 rings (SSSR count). The maximum atomic E-state index is 9.83. The molecule has 0 unspecified atom stereocenters. The van der Waals surface area contributed by atoms with Crippen molar-refractivity contribution in [1.82, 2.24) is 10.2 Å². The first-order valence-corrected chi connectivity index (χ1v) is 11.3. The molecule has 0 saturated heterocycles. The SMILES string of the molecule is Cc1cc(C)c([C@H]2C(C#N)=C(N)Oc3n[nH]c(C)c32)cc1CSc1ccc(Br)cc1. The minimum atomic E-state index is -0.297. The van der Waals surface area contributed by atoms with Gasteiger partial charge in [-0.15, -0.1) is 16.9 Å². The van der Waals surface area contributed by atoms with E-state index >= 15 is 0 Å². The Bertz CT molecular complexity index is 1190. The van der Waals surface area contributed by atoms with Crippen molar-refractivity contribution >= 4 is 27.7 Å². The number of nitrogens with two attached hydrogens (primary N) is 1. The van der Waals surface area contributed by atoms with E-state index in [9.17, 15) is 5.26 Å². The van der Waals surface area contributed by atoms with Gasteiger partial charge in [0.2, 0.25) is 11.8 Å². The van der Waals surface area contributed by atoms with Crippen LogP contribution in [0.3, 0.4) is 0 Å². The maximum Gasteiger partial charge on any atom is 0.244 e. The number of halogens is 1. The number of nitriles is 1. The van der Waals surface area contributed by atoms with Gasteiger partial charge in [-0.05, 0) is 67.3 Å². The van der Waals surface area contributed by atoms with Crippen molar-refractivity contribution in [2.45, 2.75) is 37.3 Å². The molecule has 3 N–H and O–H groups in total. The fraction of sp³-hybridized carbons (Fsp3) is 0.217. The van der Waals surface area contributed by atoms with Gasteiger partial charge in [-0.25, -0.2) is 0 Å². The minimum absolute atomic E-state index is 0.118. The van der Waals surface area contributed by atoms with Crippen LogP contribution in [0.2, 0.25) is 0 Å². The van der Waals surface area contributed by atoms with E-state index in [1.165, 1.54) is 16.0 Å². The second-order valence-electron chi connectivity index (χ2n) is 7.37. The molecule has 1 aliphatic rings. The number of hydrogen-bond acceptors (Lipinski definition) is 5. The summed E-state index contributed by atoms with van der Waals surface area (Å²) in [5, 5.41) is 17.0. The number of H-pyrrole nitrogens is 1. The maximum absolute atomic E-state index is 9.83. The summed E-state index contributed by atoms with van der Waals surface area (Å²) in [5.74, 6) is 1.10. The Hall–Kier alpha value is -2.69. The minimum Gasteiger partial charge on any atom is -0.420 e. The van der Waals surface area contributed by atoms with E-state index in [1.54, 1.807) is 11.8 Å². The zero-order chi connectivity index (χ0) is 21.4. The highest BCUT2D eigenvalue weighted by Gasteiger charge is 2.35. The quantitative estimate of drug-likeness (QED) is 0.473. The number of benzene rings is 2. The number of ether oxygens (including phenoxy) is 1. The average Bonchev–Trinajstić information content (AvgIpc) is 3.08. The zero-order valence-corrected chi connectivity index (χ0v) is 19.3. The lowest BCUT2D eigenvalue weighted by Gasteiger charge is -2.26. The second-order valence-corrected chi connectivity index (χ2v) is 9.33. The van der Waals surface area contributed by atoms with Gasteiger partial charge in [0.25, 0.3) is 0 Å². The third kappa shape index (κ3) is 3.73. The highest BCUT2D eigenvalue weighted by Crippen LogP contribution is 2.44. The molecular formula is C23H21BrN4OS. The predicted octanol–water partition coefficient (Wildman–Crippen LogP) is 5.61. The molecule has 0 saturated carbocycles. The van der Waals surface area contributed by atoms with Crippen molar-refractivity contribution in [3.63, 3.8) is 0 Å². The number of fused-ring (bicyclic) bond motifs is 1. The van der Waals surface area contributed by atoms with E-state index in [1.807, 2.05) is 19.1 Å². The fourth-order valence-corrected chi connectivity index (χ4v) is 5.01. The van der Waals surface area contributed by atoms with Crippen molar-refractivity contribution in [1.29, 1.82) is 5.26 Å². The van der Waals surface area contributed by atoms with Gasteiger partial charge in [0.1, 0.15) is 11.6 Å². The van der Waals surface area contributed by atoms with Crippen LogP contribution in [0.25, 0.3) is 0 Å². The summed E-state index contributed by atoms with van der Waals surface area (Å²) in [6.45, 7) is 6.14. The van der Waals surface area contributed by atoms with E-state index in [-0.39, 0.29) is 11.8 Å². The van der Waals surface area contributed by atoms with Crippen LogP contribution in [-0.4, -0.2) is 10.2 Å². The Kier molecular flexibility index (Phi) is 5.63. The van der Waals surface area contributed by atoms with Crippen molar-refractivity contribution in [3.05, 3.63) is 85.8 Å². The Balaban J connectivity index is 1.75. The van der Waals surface area contributed by atoms with Crippen LogP contribution in [-0.2, 0) is 5.75 Å². The van der Waals surface area contributed by atoms with Crippen molar-refractivity contribution in [2.75, 3.05) is 0 Å². The highest BCUT2D eigenvalue weighted by atomic mass is 79.9. The molecule has 0 spiro atoms. The van der Waals surface area contributed by atoms with E-state index in [0.29, 0.717) is 11.5 Å². The lowest BCUT2D eigenvalue weighted by atomic mass is 9.81. The molecule has 1 aliphatic heterocycles. The van der Waals surface area contributed by atoms with Crippen LogP contribution >= 0.6 is 27.7 Å². The first-order chi connectivity index (χ1) is 14.4. The van der Waals surface area contributed by atoms with Crippen LogP contribution in [0, 0.1) is 32.1 Å². The van der Waals surface area contributed by atoms with Gasteiger partial charge in [-0.3, -0.25) is 5.10 Å². The van der Waals surface area contributed by atoms with Gasteiger partial charge < -0.3 is 10.5 Å². The van der Waals surface area contributed by atoms with E-state index in [4.69, 9.17) is 10.5 Å². The van der Waals surface area contributed by atoms with E-state index in [0.717, 1.165) is 32.6 Å². The number of nitrogens with one attached hydrogen (secondary N) is 1. The first-order valence-electron chi connectivity index (χ1n) is 9.50. The standard InChI is InChI=1S/C23H21BrN4OS/c1-12-8-13(2)18(9-15(12)11-30-17-6-4-16(24)5-7-17)21-19(10-25)22(26)29-23-20(21)14(3)27-28-23/h4-9,21H,11,26H2,1-3H3,(H,27,28)/t21-/m0/s1. The number of aromatic amines is 1. The fourth-order valence-electron chi connectivity index (χ4n) is 3.78. The number of aromatic nitrogens is 2. The number of aryl methyl sites for hydroxylation is 3. The predicted molar refractivity (Wildman–Crippen MR) is 122 cm³/mol. The lowest BCUT2D eigenvalue weighted by Crippen LogP contribution is -2.21. The van der Waals surface area contributed by atoms with E-state index < -0.39 is 0 Å². The first kappa shape index (κ1) is 20.6. The molecule has 3 aromatic rings. The number of nitrogens with zero attached hydrogens (tertiary/aromatic N) is 2. The van der Waals surface area contributed by atoms with Gasteiger partial charge in [0.05, 0.1) is 5.92 Å². The van der Waals surface area contributed by atoms with Crippen LogP contribution in [0.4, 0.5) is 0 Å². The molecule has 0 amide bonds. The molecule has 1 aromatic heterocycles. The Morgan fingerprint density at radius 1 is 1.20 bits per heavy atom. The second kappa shape index (κ2) is 8.21. The molecule has 7 heteroatoms. The number of hydrogen-bond donors (Lipinski definition) is 2. The summed E-state index contributed by atoms with van der Waals surface area (Å²) in [4.78, 5) is 1.21. The van der Waals surface area contributed by atoms with Crippen LogP contribution in [0.15, 0.2) is 57.2 Å². The Morgan fingerprint density at radius 3 is 2.63 bits per heavy atom. The van der Waals surface area contributed by atoms with Crippen LogP contribution < -0.4 is 10.5 Å². The molecule has 30 heavy (non-hydrogen) atoms. The smallest absolute Gasteiger partial charge is 0.244 e. The number of allylic oxidation sites excluding steroid dienone is 1. The number of rotatable bonds is 4. The topological polar surface area (TPSA) is 87.7 Å². The van der Waals surface area contributed by atoms with Gasteiger partial charge in [-0.2, -0.15) is 5.26 Å². The molecule has 0 aliphatic carbocycles.